The Morgan fingerprint density at radius 1 is 1.42 bits per heavy atom. The van der Waals surface area contributed by atoms with E-state index in [1.54, 1.807) is 20.8 Å². The van der Waals surface area contributed by atoms with Gasteiger partial charge in [0, 0.05) is 6.54 Å². The molecule has 1 aromatic rings. The Kier molecular flexibility index (Phi) is 3.17. The first-order valence-corrected chi connectivity index (χ1v) is 5.90. The van der Waals surface area contributed by atoms with E-state index in [-0.39, 0.29) is 12.4 Å². The van der Waals surface area contributed by atoms with Gasteiger partial charge in [0.1, 0.15) is 11.9 Å². The van der Waals surface area contributed by atoms with Crippen molar-refractivity contribution in [3.8, 4) is 0 Å². The highest BCUT2D eigenvalue weighted by molar-refractivity contribution is 5.81. The molecule has 0 spiro atoms. The summed E-state index contributed by atoms with van der Waals surface area (Å²) in [6.07, 6.45) is 0.623. The van der Waals surface area contributed by atoms with Crippen molar-refractivity contribution in [1.29, 1.82) is 0 Å². The van der Waals surface area contributed by atoms with Crippen molar-refractivity contribution in [2.24, 2.45) is 0 Å². The molecule has 1 unspecified atom stereocenters. The molecule has 8 nitrogen and oxygen atoms in total. The second kappa shape index (κ2) is 4.52. The van der Waals surface area contributed by atoms with Crippen LogP contribution in [0.25, 0.3) is 0 Å². The molecule has 1 aliphatic rings. The van der Waals surface area contributed by atoms with Gasteiger partial charge in [0.05, 0.1) is 6.54 Å². The Morgan fingerprint density at radius 3 is 2.68 bits per heavy atom. The topological polar surface area (TPSA) is 97.5 Å². The van der Waals surface area contributed by atoms with E-state index in [9.17, 15) is 14.7 Å². The SMILES string of the molecule is CC(C)(C)OC(=O)N1CCn2ncnc2C1C(=O)O. The zero-order valence-corrected chi connectivity index (χ0v) is 11.0. The highest BCUT2D eigenvalue weighted by Gasteiger charge is 2.40. The second-order valence-electron chi connectivity index (χ2n) is 5.26. The third-order valence-electron chi connectivity index (χ3n) is 2.62. The molecule has 8 heteroatoms. The van der Waals surface area contributed by atoms with E-state index in [0.717, 1.165) is 4.90 Å². The van der Waals surface area contributed by atoms with Crippen molar-refractivity contribution in [2.45, 2.75) is 39.0 Å². The normalized spacial score (nSPS) is 18.9. The molecular weight excluding hydrogens is 252 g/mol. The number of rotatable bonds is 1. The van der Waals surface area contributed by atoms with Gasteiger partial charge >= 0.3 is 12.1 Å². The first kappa shape index (κ1) is 13.3. The third kappa shape index (κ3) is 2.67. The maximum absolute atomic E-state index is 12.0. The lowest BCUT2D eigenvalue weighted by Gasteiger charge is -2.33. The van der Waals surface area contributed by atoms with Crippen molar-refractivity contribution in [3.05, 3.63) is 12.2 Å². The number of carbonyl (C=O) groups excluding carboxylic acids is 1. The average Bonchev–Trinajstić information content (AvgIpc) is 2.72. The zero-order valence-electron chi connectivity index (χ0n) is 11.0. The zero-order chi connectivity index (χ0) is 14.2. The van der Waals surface area contributed by atoms with Gasteiger partial charge in [-0.15, -0.1) is 0 Å². The van der Waals surface area contributed by atoms with Crippen molar-refractivity contribution < 1.29 is 19.4 Å². The summed E-state index contributed by atoms with van der Waals surface area (Å²) < 4.78 is 6.70. The third-order valence-corrected chi connectivity index (χ3v) is 2.62. The standard InChI is InChI=1S/C11H16N4O4/c1-11(2,3)19-10(18)14-4-5-15-8(12-6-13-15)7(14)9(16)17/h6-7H,4-5H2,1-3H3,(H,16,17). The van der Waals surface area contributed by atoms with Crippen LogP contribution < -0.4 is 0 Å². The van der Waals surface area contributed by atoms with Gasteiger partial charge in [-0.2, -0.15) is 5.10 Å². The quantitative estimate of drug-likeness (QED) is 0.803. The number of amides is 1. The number of hydrogen-bond donors (Lipinski definition) is 1. The maximum Gasteiger partial charge on any atom is 0.411 e. The number of aromatic nitrogens is 3. The molecule has 0 aromatic carbocycles. The number of nitrogens with zero attached hydrogens (tertiary/aromatic N) is 4. The Hall–Kier alpha value is -2.12. The predicted octanol–water partition coefficient (Wildman–Crippen LogP) is 0.654. The molecule has 1 N–H and O–H groups in total. The summed E-state index contributed by atoms with van der Waals surface area (Å²) in [6, 6.07) is -1.16. The fourth-order valence-electron chi connectivity index (χ4n) is 1.89. The van der Waals surface area contributed by atoms with E-state index in [1.165, 1.54) is 11.0 Å². The molecular formula is C11H16N4O4. The van der Waals surface area contributed by atoms with Gasteiger partial charge < -0.3 is 9.84 Å². The maximum atomic E-state index is 12.0. The summed E-state index contributed by atoms with van der Waals surface area (Å²) in [4.78, 5) is 28.5. The van der Waals surface area contributed by atoms with Crippen LogP contribution in [0.5, 0.6) is 0 Å². The minimum atomic E-state index is -1.16. The molecule has 1 atom stereocenters. The van der Waals surface area contributed by atoms with Crippen molar-refractivity contribution in [1.82, 2.24) is 19.7 Å². The number of carbonyl (C=O) groups is 2. The van der Waals surface area contributed by atoms with Crippen LogP contribution in [0.4, 0.5) is 4.79 Å². The second-order valence-corrected chi connectivity index (χ2v) is 5.26. The van der Waals surface area contributed by atoms with Crippen molar-refractivity contribution in [2.75, 3.05) is 6.54 Å². The van der Waals surface area contributed by atoms with Gasteiger partial charge in [-0.3, -0.25) is 4.90 Å². The number of fused-ring (bicyclic) bond motifs is 1. The summed E-state index contributed by atoms with van der Waals surface area (Å²) >= 11 is 0. The highest BCUT2D eigenvalue weighted by atomic mass is 16.6. The minimum absolute atomic E-state index is 0.224. The highest BCUT2D eigenvalue weighted by Crippen LogP contribution is 2.25. The molecule has 1 amide bonds. The number of carboxylic acids is 1. The van der Waals surface area contributed by atoms with Crippen LogP contribution in [0, 0.1) is 0 Å². The van der Waals surface area contributed by atoms with Gasteiger partial charge in [-0.1, -0.05) is 0 Å². The molecule has 0 radical (unpaired) electrons. The minimum Gasteiger partial charge on any atom is -0.479 e. The lowest BCUT2D eigenvalue weighted by atomic mass is 10.2. The predicted molar refractivity (Wildman–Crippen MR) is 63.3 cm³/mol. The molecule has 104 valence electrons. The largest absolute Gasteiger partial charge is 0.479 e. The Bertz CT molecular complexity index is 505. The monoisotopic (exact) mass is 268 g/mol. The van der Waals surface area contributed by atoms with E-state index in [2.05, 4.69) is 10.1 Å². The molecule has 0 aliphatic carbocycles. The van der Waals surface area contributed by atoms with Crippen molar-refractivity contribution >= 4 is 12.1 Å². The van der Waals surface area contributed by atoms with E-state index in [1.807, 2.05) is 0 Å². The summed E-state index contributed by atoms with van der Waals surface area (Å²) in [7, 11) is 0. The molecule has 2 heterocycles. The molecule has 0 fully saturated rings. The fraction of sp³-hybridized carbons (Fsp3) is 0.636. The number of carboxylic acid groups (broad SMARTS) is 1. The number of hydrogen-bond acceptors (Lipinski definition) is 5. The molecule has 19 heavy (non-hydrogen) atoms. The lowest BCUT2D eigenvalue weighted by molar-refractivity contribution is -0.144. The number of aliphatic carboxylic acids is 1. The smallest absolute Gasteiger partial charge is 0.411 e. The Balaban J connectivity index is 2.27. The Labute approximate surface area is 110 Å². The van der Waals surface area contributed by atoms with Gasteiger partial charge in [0.2, 0.25) is 0 Å². The van der Waals surface area contributed by atoms with Crippen LogP contribution in [0.15, 0.2) is 6.33 Å². The summed E-state index contributed by atoms with van der Waals surface area (Å²) in [5.74, 6) is -0.913. The average molecular weight is 268 g/mol. The van der Waals surface area contributed by atoms with Crippen LogP contribution in [-0.4, -0.2) is 49.0 Å². The van der Waals surface area contributed by atoms with Crippen LogP contribution in [0.1, 0.15) is 32.6 Å². The summed E-state index contributed by atoms with van der Waals surface area (Å²) in [5, 5.41) is 13.2. The Morgan fingerprint density at radius 2 is 2.11 bits per heavy atom. The molecule has 2 rings (SSSR count). The van der Waals surface area contributed by atoms with Crippen molar-refractivity contribution in [3.63, 3.8) is 0 Å². The summed E-state index contributed by atoms with van der Waals surface area (Å²) in [6.45, 7) is 5.81. The lowest BCUT2D eigenvalue weighted by Crippen LogP contribution is -2.47. The van der Waals surface area contributed by atoms with Gasteiger partial charge in [-0.25, -0.2) is 19.3 Å². The summed E-state index contributed by atoms with van der Waals surface area (Å²) in [5.41, 5.74) is -0.675. The first-order valence-electron chi connectivity index (χ1n) is 5.90. The molecule has 0 bridgehead atoms. The van der Waals surface area contributed by atoms with E-state index >= 15 is 0 Å². The van der Waals surface area contributed by atoms with E-state index in [0.29, 0.717) is 6.54 Å². The molecule has 0 saturated heterocycles. The molecule has 1 aromatic heterocycles. The van der Waals surface area contributed by atoms with E-state index in [4.69, 9.17) is 4.74 Å². The van der Waals surface area contributed by atoms with Gasteiger partial charge in [0.15, 0.2) is 11.9 Å². The number of ether oxygens (including phenoxy) is 1. The molecule has 0 saturated carbocycles. The van der Waals surface area contributed by atoms with Crippen LogP contribution in [-0.2, 0) is 16.1 Å². The van der Waals surface area contributed by atoms with Gasteiger partial charge in [-0.05, 0) is 20.8 Å². The van der Waals surface area contributed by atoms with Crippen LogP contribution >= 0.6 is 0 Å². The first-order chi connectivity index (χ1) is 8.79. The van der Waals surface area contributed by atoms with Crippen LogP contribution in [0.2, 0.25) is 0 Å². The molecule has 1 aliphatic heterocycles. The van der Waals surface area contributed by atoms with Crippen LogP contribution in [0.3, 0.4) is 0 Å². The van der Waals surface area contributed by atoms with E-state index < -0.39 is 23.7 Å². The fourth-order valence-corrected chi connectivity index (χ4v) is 1.89. The van der Waals surface area contributed by atoms with Gasteiger partial charge in [0.25, 0.3) is 0 Å².